The Morgan fingerprint density at radius 2 is 2.18 bits per heavy atom. The van der Waals surface area contributed by atoms with Crippen LogP contribution in [-0.4, -0.2) is 13.6 Å². The average Bonchev–Trinajstić information content (AvgIpc) is 2.83. The molecule has 0 saturated heterocycles. The van der Waals surface area contributed by atoms with E-state index in [1.54, 1.807) is 17.4 Å². The highest BCUT2D eigenvalue weighted by Crippen LogP contribution is 2.27. The number of benzene rings is 1. The van der Waals surface area contributed by atoms with Crippen LogP contribution in [0.25, 0.3) is 0 Å². The number of nitrogens with zero attached hydrogens (tertiary/aromatic N) is 1. The second-order valence-electron chi connectivity index (χ2n) is 3.86. The van der Waals surface area contributed by atoms with Crippen molar-refractivity contribution in [1.82, 2.24) is 0 Å². The lowest BCUT2D eigenvalue weighted by atomic mass is 10.2. The van der Waals surface area contributed by atoms with Gasteiger partial charge in [0.15, 0.2) is 0 Å². The summed E-state index contributed by atoms with van der Waals surface area (Å²) in [5.74, 6) is -0.226. The van der Waals surface area contributed by atoms with Crippen LogP contribution in [0.4, 0.5) is 10.1 Å². The van der Waals surface area contributed by atoms with E-state index in [4.69, 9.17) is 5.73 Å². The third kappa shape index (κ3) is 2.65. The van der Waals surface area contributed by atoms with E-state index in [0.717, 1.165) is 5.69 Å². The first-order valence-corrected chi connectivity index (χ1v) is 6.32. The Hall–Kier alpha value is -1.39. The predicted molar refractivity (Wildman–Crippen MR) is 70.9 cm³/mol. The Morgan fingerprint density at radius 3 is 2.76 bits per heavy atom. The smallest absolute Gasteiger partial charge is 0.125 e. The molecule has 90 valence electrons. The topological polar surface area (TPSA) is 29.3 Å². The van der Waals surface area contributed by atoms with Gasteiger partial charge in [0, 0.05) is 24.2 Å². The van der Waals surface area contributed by atoms with Crippen molar-refractivity contribution < 1.29 is 4.39 Å². The number of thiophene rings is 1. The molecule has 0 aliphatic heterocycles. The fourth-order valence-electron chi connectivity index (χ4n) is 1.82. The monoisotopic (exact) mass is 250 g/mol. The van der Waals surface area contributed by atoms with Crippen molar-refractivity contribution in [3.63, 3.8) is 0 Å². The number of likely N-dealkylation sites (N-methyl/N-ethyl adjacent to an activating group) is 1. The van der Waals surface area contributed by atoms with Crippen molar-refractivity contribution in [3.05, 3.63) is 52.5 Å². The molecule has 1 aromatic heterocycles. The molecule has 2 aromatic rings. The average molecular weight is 250 g/mol. The molecule has 0 aliphatic rings. The molecule has 0 bridgehead atoms. The maximum atomic E-state index is 13.2. The molecule has 0 fully saturated rings. The molecule has 1 aromatic carbocycles. The van der Waals surface area contributed by atoms with Crippen LogP contribution in [0, 0.1) is 5.82 Å². The zero-order valence-electron chi connectivity index (χ0n) is 9.64. The number of nitrogens with two attached hydrogens (primary N) is 1. The molecular weight excluding hydrogens is 235 g/mol. The van der Waals surface area contributed by atoms with Gasteiger partial charge < -0.3 is 10.6 Å². The molecule has 1 unspecified atom stereocenters. The van der Waals surface area contributed by atoms with Crippen LogP contribution in [0.1, 0.15) is 10.9 Å². The van der Waals surface area contributed by atoms with Crippen molar-refractivity contribution in [3.8, 4) is 0 Å². The first-order chi connectivity index (χ1) is 8.22. The van der Waals surface area contributed by atoms with Crippen molar-refractivity contribution in [2.75, 3.05) is 18.5 Å². The second-order valence-corrected chi connectivity index (χ2v) is 4.84. The highest BCUT2D eigenvalue weighted by molar-refractivity contribution is 7.10. The highest BCUT2D eigenvalue weighted by Gasteiger charge is 2.16. The molecule has 0 spiro atoms. The van der Waals surface area contributed by atoms with Gasteiger partial charge in [0.1, 0.15) is 5.82 Å². The molecule has 2 N–H and O–H groups in total. The van der Waals surface area contributed by atoms with E-state index in [2.05, 4.69) is 6.07 Å². The highest BCUT2D eigenvalue weighted by atomic mass is 32.1. The predicted octanol–water partition coefficient (Wildman–Crippen LogP) is 3.02. The minimum atomic E-state index is -0.226. The minimum absolute atomic E-state index is 0.0943. The van der Waals surface area contributed by atoms with Gasteiger partial charge in [-0.2, -0.15) is 0 Å². The van der Waals surface area contributed by atoms with Gasteiger partial charge in [-0.1, -0.05) is 12.1 Å². The summed E-state index contributed by atoms with van der Waals surface area (Å²) in [6.07, 6.45) is 0. The lowest BCUT2D eigenvalue weighted by Gasteiger charge is -2.28. The summed E-state index contributed by atoms with van der Waals surface area (Å²) in [5.41, 5.74) is 6.65. The first-order valence-electron chi connectivity index (χ1n) is 5.44. The Labute approximate surface area is 104 Å². The molecule has 2 rings (SSSR count). The summed E-state index contributed by atoms with van der Waals surface area (Å²) in [4.78, 5) is 3.20. The van der Waals surface area contributed by atoms with Gasteiger partial charge in [-0.25, -0.2) is 4.39 Å². The van der Waals surface area contributed by atoms with Crippen LogP contribution in [0.5, 0.6) is 0 Å². The summed E-state index contributed by atoms with van der Waals surface area (Å²) >= 11 is 1.67. The fourth-order valence-corrected chi connectivity index (χ4v) is 2.70. The second kappa shape index (κ2) is 5.29. The van der Waals surface area contributed by atoms with Crippen molar-refractivity contribution in [1.29, 1.82) is 0 Å². The van der Waals surface area contributed by atoms with Crippen LogP contribution in [0.2, 0.25) is 0 Å². The number of hydrogen-bond acceptors (Lipinski definition) is 3. The number of halogens is 1. The molecule has 1 atom stereocenters. The molecule has 2 nitrogen and oxygen atoms in total. The Morgan fingerprint density at radius 1 is 1.35 bits per heavy atom. The molecule has 0 amide bonds. The van der Waals surface area contributed by atoms with Crippen LogP contribution in [0.3, 0.4) is 0 Å². The molecule has 0 saturated carbocycles. The lowest BCUT2D eigenvalue weighted by Crippen LogP contribution is -2.29. The van der Waals surface area contributed by atoms with Crippen LogP contribution in [-0.2, 0) is 0 Å². The van der Waals surface area contributed by atoms with Gasteiger partial charge in [-0.3, -0.25) is 0 Å². The summed E-state index contributed by atoms with van der Waals surface area (Å²) in [7, 11) is 1.94. The van der Waals surface area contributed by atoms with E-state index in [9.17, 15) is 4.39 Å². The van der Waals surface area contributed by atoms with Gasteiger partial charge in [0.05, 0.1) is 6.04 Å². The Bertz CT molecular complexity index is 470. The molecule has 0 aliphatic carbocycles. The summed E-state index contributed by atoms with van der Waals surface area (Å²) in [5, 5.41) is 2.03. The standard InChI is InChI=1S/C13H15FN2S/c1-16(11-5-2-4-10(14)8-11)12(9-15)13-6-3-7-17-13/h2-8,12H,9,15H2,1H3. The summed E-state index contributed by atoms with van der Waals surface area (Å²) < 4.78 is 13.2. The Kier molecular flexibility index (Phi) is 3.76. The zero-order chi connectivity index (χ0) is 12.3. The summed E-state index contributed by atoms with van der Waals surface area (Å²) in [6, 6.07) is 10.7. The van der Waals surface area contributed by atoms with Crippen molar-refractivity contribution >= 4 is 17.0 Å². The van der Waals surface area contributed by atoms with Crippen molar-refractivity contribution in [2.24, 2.45) is 5.73 Å². The number of rotatable bonds is 4. The Balaban J connectivity index is 2.26. The maximum absolute atomic E-state index is 13.2. The van der Waals surface area contributed by atoms with Crippen LogP contribution in [0.15, 0.2) is 41.8 Å². The third-order valence-electron chi connectivity index (χ3n) is 2.78. The van der Waals surface area contributed by atoms with Gasteiger partial charge >= 0.3 is 0 Å². The van der Waals surface area contributed by atoms with E-state index in [1.807, 2.05) is 29.5 Å². The van der Waals surface area contributed by atoms with Crippen molar-refractivity contribution in [2.45, 2.75) is 6.04 Å². The lowest BCUT2D eigenvalue weighted by molar-refractivity contribution is 0.624. The minimum Gasteiger partial charge on any atom is -0.365 e. The summed E-state index contributed by atoms with van der Waals surface area (Å²) in [6.45, 7) is 0.507. The largest absolute Gasteiger partial charge is 0.365 e. The van der Waals surface area contributed by atoms with E-state index in [-0.39, 0.29) is 11.9 Å². The zero-order valence-corrected chi connectivity index (χ0v) is 10.5. The van der Waals surface area contributed by atoms with E-state index < -0.39 is 0 Å². The van der Waals surface area contributed by atoms with Gasteiger partial charge in [0.25, 0.3) is 0 Å². The number of hydrogen-bond donors (Lipinski definition) is 1. The van der Waals surface area contributed by atoms with Gasteiger partial charge in [-0.05, 0) is 29.6 Å². The van der Waals surface area contributed by atoms with Gasteiger partial charge in [-0.15, -0.1) is 11.3 Å². The molecular formula is C13H15FN2S. The maximum Gasteiger partial charge on any atom is 0.125 e. The van der Waals surface area contributed by atoms with E-state index in [0.29, 0.717) is 6.54 Å². The molecule has 17 heavy (non-hydrogen) atoms. The third-order valence-corrected chi connectivity index (χ3v) is 3.75. The van der Waals surface area contributed by atoms with Gasteiger partial charge in [0.2, 0.25) is 0 Å². The van der Waals surface area contributed by atoms with Crippen LogP contribution < -0.4 is 10.6 Å². The van der Waals surface area contributed by atoms with Crippen LogP contribution >= 0.6 is 11.3 Å². The molecule has 4 heteroatoms. The fraction of sp³-hybridized carbons (Fsp3) is 0.231. The molecule has 0 radical (unpaired) electrons. The normalized spacial score (nSPS) is 12.4. The van der Waals surface area contributed by atoms with E-state index >= 15 is 0 Å². The van der Waals surface area contributed by atoms with E-state index in [1.165, 1.54) is 17.0 Å². The first kappa shape index (κ1) is 12.1. The quantitative estimate of drug-likeness (QED) is 0.903. The number of anilines is 1. The molecule has 1 heterocycles. The SMILES string of the molecule is CN(c1cccc(F)c1)C(CN)c1cccs1.